The van der Waals surface area contributed by atoms with Crippen LogP contribution in [0.25, 0.3) is 10.9 Å². The Balaban J connectivity index is 2.38. The SMILES string of the molecule is CCC(C)C(C)Nc1cc(C)nc2ccccc12. The van der Waals surface area contributed by atoms with Gasteiger partial charge in [0.1, 0.15) is 0 Å². The van der Waals surface area contributed by atoms with E-state index in [1.54, 1.807) is 0 Å². The number of nitrogens with zero attached hydrogens (tertiary/aromatic N) is 1. The molecule has 0 aliphatic carbocycles. The van der Waals surface area contributed by atoms with Crippen LogP contribution in [0.1, 0.15) is 32.9 Å². The van der Waals surface area contributed by atoms with Crippen molar-refractivity contribution >= 4 is 16.6 Å². The summed E-state index contributed by atoms with van der Waals surface area (Å²) in [6.45, 7) is 8.82. The highest BCUT2D eigenvalue weighted by Gasteiger charge is 2.11. The van der Waals surface area contributed by atoms with E-state index in [0.29, 0.717) is 12.0 Å². The van der Waals surface area contributed by atoms with Crippen molar-refractivity contribution in [3.8, 4) is 0 Å². The Labute approximate surface area is 109 Å². The van der Waals surface area contributed by atoms with Crippen molar-refractivity contribution in [2.75, 3.05) is 5.32 Å². The Hall–Kier alpha value is -1.57. The van der Waals surface area contributed by atoms with Gasteiger partial charge in [0.2, 0.25) is 0 Å². The summed E-state index contributed by atoms with van der Waals surface area (Å²) in [5.41, 5.74) is 3.33. The summed E-state index contributed by atoms with van der Waals surface area (Å²) >= 11 is 0. The van der Waals surface area contributed by atoms with Gasteiger partial charge in [0.05, 0.1) is 5.52 Å². The van der Waals surface area contributed by atoms with Crippen LogP contribution in [0.3, 0.4) is 0 Å². The third-order valence-corrected chi connectivity index (χ3v) is 3.72. The average Bonchev–Trinajstić information content (AvgIpc) is 2.37. The van der Waals surface area contributed by atoms with Gasteiger partial charge in [-0.15, -0.1) is 0 Å². The van der Waals surface area contributed by atoms with Gasteiger partial charge in [-0.05, 0) is 31.9 Å². The third-order valence-electron chi connectivity index (χ3n) is 3.72. The number of anilines is 1. The van der Waals surface area contributed by atoms with E-state index < -0.39 is 0 Å². The topological polar surface area (TPSA) is 24.9 Å². The number of benzene rings is 1. The molecule has 0 saturated heterocycles. The minimum absolute atomic E-state index is 0.472. The molecular weight excluding hydrogens is 220 g/mol. The highest BCUT2D eigenvalue weighted by molar-refractivity contribution is 5.91. The van der Waals surface area contributed by atoms with Gasteiger partial charge in [0.15, 0.2) is 0 Å². The lowest BCUT2D eigenvalue weighted by atomic mass is 10.00. The summed E-state index contributed by atoms with van der Waals surface area (Å²) in [4.78, 5) is 4.57. The van der Waals surface area contributed by atoms with E-state index in [-0.39, 0.29) is 0 Å². The van der Waals surface area contributed by atoms with Gasteiger partial charge < -0.3 is 5.32 Å². The fraction of sp³-hybridized carbons (Fsp3) is 0.438. The number of para-hydroxylation sites is 1. The first-order valence-electron chi connectivity index (χ1n) is 6.74. The summed E-state index contributed by atoms with van der Waals surface area (Å²) in [6, 6.07) is 10.9. The van der Waals surface area contributed by atoms with E-state index >= 15 is 0 Å². The smallest absolute Gasteiger partial charge is 0.0725 e. The van der Waals surface area contributed by atoms with Crippen LogP contribution in [0.5, 0.6) is 0 Å². The first-order valence-corrected chi connectivity index (χ1v) is 6.74. The molecule has 1 N–H and O–H groups in total. The van der Waals surface area contributed by atoms with Crippen LogP contribution in [0.4, 0.5) is 5.69 Å². The van der Waals surface area contributed by atoms with E-state index in [2.05, 4.69) is 55.3 Å². The average molecular weight is 242 g/mol. The molecular formula is C16H22N2. The largest absolute Gasteiger partial charge is 0.382 e. The standard InChI is InChI=1S/C16H22N2/c1-5-11(2)13(4)18-16-10-12(3)17-15-9-7-6-8-14(15)16/h6-11,13H,5H2,1-4H3,(H,17,18). The van der Waals surface area contributed by atoms with Gasteiger partial charge in [-0.3, -0.25) is 4.98 Å². The molecule has 0 spiro atoms. The second-order valence-corrected chi connectivity index (χ2v) is 5.15. The number of rotatable bonds is 4. The molecule has 1 aromatic heterocycles. The first kappa shape index (κ1) is 12.9. The van der Waals surface area contributed by atoms with Crippen LogP contribution < -0.4 is 5.32 Å². The number of pyridine rings is 1. The molecule has 18 heavy (non-hydrogen) atoms. The van der Waals surface area contributed by atoms with Gasteiger partial charge in [-0.1, -0.05) is 38.5 Å². The summed E-state index contributed by atoms with van der Waals surface area (Å²) < 4.78 is 0. The monoisotopic (exact) mass is 242 g/mol. The predicted octanol–water partition coefficient (Wildman–Crippen LogP) is 4.39. The van der Waals surface area contributed by atoms with Crippen molar-refractivity contribution in [3.05, 3.63) is 36.0 Å². The van der Waals surface area contributed by atoms with Crippen LogP contribution in [0.15, 0.2) is 30.3 Å². The second-order valence-electron chi connectivity index (χ2n) is 5.15. The van der Waals surface area contributed by atoms with Crippen LogP contribution in [-0.2, 0) is 0 Å². The number of hydrogen-bond acceptors (Lipinski definition) is 2. The van der Waals surface area contributed by atoms with E-state index in [1.807, 2.05) is 13.0 Å². The lowest BCUT2D eigenvalue weighted by Crippen LogP contribution is -2.23. The minimum atomic E-state index is 0.472. The van der Waals surface area contributed by atoms with Gasteiger partial charge >= 0.3 is 0 Å². The van der Waals surface area contributed by atoms with Crippen LogP contribution in [0, 0.1) is 12.8 Å². The van der Waals surface area contributed by atoms with Crippen molar-refractivity contribution in [2.45, 2.75) is 40.2 Å². The molecule has 0 saturated carbocycles. The quantitative estimate of drug-likeness (QED) is 0.860. The van der Waals surface area contributed by atoms with Crippen molar-refractivity contribution in [3.63, 3.8) is 0 Å². The minimum Gasteiger partial charge on any atom is -0.382 e. The van der Waals surface area contributed by atoms with Gasteiger partial charge in [-0.2, -0.15) is 0 Å². The Kier molecular flexibility index (Phi) is 3.85. The Morgan fingerprint density at radius 3 is 2.67 bits per heavy atom. The molecule has 0 amide bonds. The molecule has 2 aromatic rings. The van der Waals surface area contributed by atoms with Crippen molar-refractivity contribution in [1.82, 2.24) is 4.98 Å². The Morgan fingerprint density at radius 1 is 1.22 bits per heavy atom. The lowest BCUT2D eigenvalue weighted by Gasteiger charge is -2.22. The maximum absolute atomic E-state index is 4.57. The summed E-state index contributed by atoms with van der Waals surface area (Å²) in [7, 11) is 0. The number of aromatic nitrogens is 1. The molecule has 0 radical (unpaired) electrons. The third kappa shape index (κ3) is 2.63. The maximum atomic E-state index is 4.57. The molecule has 2 heteroatoms. The molecule has 0 bridgehead atoms. The summed E-state index contributed by atoms with van der Waals surface area (Å²) in [5.74, 6) is 0.664. The molecule has 1 heterocycles. The van der Waals surface area contributed by atoms with Crippen molar-refractivity contribution in [2.24, 2.45) is 5.92 Å². The van der Waals surface area contributed by atoms with Crippen LogP contribution in [-0.4, -0.2) is 11.0 Å². The Bertz CT molecular complexity index is 534. The summed E-state index contributed by atoms with van der Waals surface area (Å²) in [6.07, 6.45) is 1.19. The maximum Gasteiger partial charge on any atom is 0.0725 e. The van der Waals surface area contributed by atoms with Gasteiger partial charge in [0, 0.05) is 22.8 Å². The van der Waals surface area contributed by atoms with E-state index in [9.17, 15) is 0 Å². The number of aryl methyl sites for hydroxylation is 1. The molecule has 2 atom stereocenters. The lowest BCUT2D eigenvalue weighted by molar-refractivity contribution is 0.495. The number of nitrogens with one attached hydrogen (secondary N) is 1. The molecule has 96 valence electrons. The van der Waals surface area contributed by atoms with Crippen molar-refractivity contribution < 1.29 is 0 Å². The second kappa shape index (κ2) is 5.38. The predicted molar refractivity (Wildman–Crippen MR) is 79.0 cm³/mol. The van der Waals surface area contributed by atoms with E-state index in [4.69, 9.17) is 0 Å². The Morgan fingerprint density at radius 2 is 1.94 bits per heavy atom. The normalized spacial score (nSPS) is 14.4. The van der Waals surface area contributed by atoms with E-state index in [1.165, 1.54) is 17.5 Å². The van der Waals surface area contributed by atoms with Gasteiger partial charge in [0.25, 0.3) is 0 Å². The van der Waals surface area contributed by atoms with Crippen molar-refractivity contribution in [1.29, 1.82) is 0 Å². The van der Waals surface area contributed by atoms with Crippen LogP contribution >= 0.6 is 0 Å². The van der Waals surface area contributed by atoms with E-state index in [0.717, 1.165) is 11.2 Å². The highest BCUT2D eigenvalue weighted by atomic mass is 14.9. The molecule has 2 nitrogen and oxygen atoms in total. The molecule has 1 aromatic carbocycles. The molecule has 2 rings (SSSR count). The molecule has 2 unspecified atom stereocenters. The molecule has 0 fully saturated rings. The number of fused-ring (bicyclic) bond motifs is 1. The summed E-state index contributed by atoms with van der Waals surface area (Å²) in [5, 5.41) is 4.84. The van der Waals surface area contributed by atoms with Crippen LogP contribution in [0.2, 0.25) is 0 Å². The zero-order valence-corrected chi connectivity index (χ0v) is 11.7. The number of hydrogen-bond donors (Lipinski definition) is 1. The first-order chi connectivity index (χ1) is 8.61. The fourth-order valence-electron chi connectivity index (χ4n) is 2.17. The molecule has 0 aliphatic rings. The van der Waals surface area contributed by atoms with Gasteiger partial charge in [-0.25, -0.2) is 0 Å². The highest BCUT2D eigenvalue weighted by Crippen LogP contribution is 2.25. The fourth-order valence-corrected chi connectivity index (χ4v) is 2.17. The zero-order chi connectivity index (χ0) is 13.1. The zero-order valence-electron chi connectivity index (χ0n) is 11.7. The molecule has 0 aliphatic heterocycles.